The van der Waals surface area contributed by atoms with E-state index in [4.69, 9.17) is 5.26 Å². The van der Waals surface area contributed by atoms with Gasteiger partial charge in [0, 0.05) is 25.0 Å². The number of carbonyl (C=O) groups is 1. The van der Waals surface area contributed by atoms with Crippen LogP contribution in [0, 0.1) is 23.1 Å². The van der Waals surface area contributed by atoms with Gasteiger partial charge < -0.3 is 16.0 Å². The van der Waals surface area contributed by atoms with Gasteiger partial charge in [0.15, 0.2) is 0 Å². The molecule has 0 saturated heterocycles. The van der Waals surface area contributed by atoms with Gasteiger partial charge in [-0.05, 0) is 43.4 Å². The maximum Gasteiger partial charge on any atom is 0.257 e. The average Bonchev–Trinajstić information content (AvgIpc) is 2.79. The predicted molar refractivity (Wildman–Crippen MR) is 114 cm³/mol. The first-order valence-corrected chi connectivity index (χ1v) is 10.2. The van der Waals surface area contributed by atoms with Gasteiger partial charge in [0.05, 0.1) is 0 Å². The van der Waals surface area contributed by atoms with E-state index in [9.17, 15) is 13.6 Å². The molecule has 162 valence electrons. The Morgan fingerprint density at radius 2 is 1.77 bits per heavy atom. The number of amides is 1. The number of aliphatic imine (C=N–C) groups is 1. The Morgan fingerprint density at radius 1 is 1.13 bits per heavy atom. The van der Waals surface area contributed by atoms with Gasteiger partial charge in [-0.2, -0.15) is 5.26 Å². The Hall–Kier alpha value is -3.47. The molecule has 8 heteroatoms. The summed E-state index contributed by atoms with van der Waals surface area (Å²) in [6, 6.07) is 13.3. The van der Waals surface area contributed by atoms with E-state index in [2.05, 4.69) is 20.9 Å². The van der Waals surface area contributed by atoms with Crippen LogP contribution in [-0.4, -0.2) is 31.5 Å². The van der Waals surface area contributed by atoms with E-state index in [1.807, 2.05) is 30.3 Å². The molecule has 1 amide bonds. The van der Waals surface area contributed by atoms with Crippen molar-refractivity contribution >= 4 is 11.9 Å². The first-order valence-electron chi connectivity index (χ1n) is 10.2. The Bertz CT molecular complexity index is 959. The molecule has 1 aliphatic carbocycles. The number of nitriles is 1. The monoisotopic (exact) mass is 425 g/mol. The van der Waals surface area contributed by atoms with Crippen molar-refractivity contribution in [3.63, 3.8) is 0 Å². The van der Waals surface area contributed by atoms with Crippen LogP contribution in [0.2, 0.25) is 0 Å². The largest absolute Gasteiger partial charge is 0.359 e. The fourth-order valence-electron chi connectivity index (χ4n) is 4.13. The quantitative estimate of drug-likeness (QED) is 0.390. The maximum absolute atomic E-state index is 14.0. The summed E-state index contributed by atoms with van der Waals surface area (Å²) in [6.07, 6.45) is 4.82. The lowest BCUT2D eigenvalue weighted by Gasteiger charge is -2.41. The van der Waals surface area contributed by atoms with Gasteiger partial charge in [-0.1, -0.05) is 36.4 Å². The van der Waals surface area contributed by atoms with Crippen LogP contribution < -0.4 is 16.0 Å². The van der Waals surface area contributed by atoms with Crippen molar-refractivity contribution in [3.8, 4) is 6.19 Å². The molecular weight excluding hydrogens is 400 g/mol. The first kappa shape index (κ1) is 22.2. The van der Waals surface area contributed by atoms with Crippen LogP contribution in [0.1, 0.15) is 41.6 Å². The van der Waals surface area contributed by atoms with Crippen LogP contribution in [0.4, 0.5) is 8.78 Å². The lowest BCUT2D eigenvalue weighted by molar-refractivity contribution is 0.0926. The third-order valence-electron chi connectivity index (χ3n) is 5.85. The number of carbonyl (C=O) groups excluding carboxylic acids is 1. The second kappa shape index (κ2) is 10.0. The molecule has 0 bridgehead atoms. The van der Waals surface area contributed by atoms with Crippen molar-refractivity contribution in [2.75, 3.05) is 13.6 Å². The predicted octanol–water partition coefficient (Wildman–Crippen LogP) is 3.22. The summed E-state index contributed by atoms with van der Waals surface area (Å²) in [7, 11) is 1.69. The number of rotatable bonds is 5. The molecule has 3 N–H and O–H groups in total. The highest BCUT2D eigenvalue weighted by Gasteiger charge is 2.37. The van der Waals surface area contributed by atoms with E-state index < -0.39 is 23.1 Å². The molecule has 1 saturated carbocycles. The third-order valence-corrected chi connectivity index (χ3v) is 5.85. The minimum atomic E-state index is -0.879. The second-order valence-electron chi connectivity index (χ2n) is 7.65. The molecule has 1 aliphatic rings. The van der Waals surface area contributed by atoms with E-state index in [0.29, 0.717) is 5.96 Å². The number of hydrogen-bond acceptors (Lipinski definition) is 3. The van der Waals surface area contributed by atoms with Crippen molar-refractivity contribution in [2.45, 2.75) is 37.1 Å². The lowest BCUT2D eigenvalue weighted by atomic mass is 9.68. The van der Waals surface area contributed by atoms with Gasteiger partial charge in [0.2, 0.25) is 12.2 Å². The SMILES string of the molecule is CN/C(=N\C#N)N[C@H]1CC[C@](CNC(=O)c2c(F)cccc2F)(c2ccccc2)CC1. The topological polar surface area (TPSA) is 89.3 Å². The summed E-state index contributed by atoms with van der Waals surface area (Å²) in [5, 5.41) is 17.6. The van der Waals surface area contributed by atoms with Crippen LogP contribution >= 0.6 is 0 Å². The molecule has 0 radical (unpaired) electrons. The summed E-state index contributed by atoms with van der Waals surface area (Å²) < 4.78 is 28.0. The van der Waals surface area contributed by atoms with Gasteiger partial charge in [-0.25, -0.2) is 8.78 Å². The van der Waals surface area contributed by atoms with Gasteiger partial charge >= 0.3 is 0 Å². The minimum Gasteiger partial charge on any atom is -0.359 e. The summed E-state index contributed by atoms with van der Waals surface area (Å²) in [6.45, 7) is 0.265. The first-order chi connectivity index (χ1) is 15.0. The van der Waals surface area contributed by atoms with Crippen LogP contribution in [-0.2, 0) is 5.41 Å². The molecule has 2 aromatic carbocycles. The highest BCUT2D eigenvalue weighted by Crippen LogP contribution is 2.39. The second-order valence-corrected chi connectivity index (χ2v) is 7.65. The highest BCUT2D eigenvalue weighted by molar-refractivity contribution is 5.94. The van der Waals surface area contributed by atoms with Crippen LogP contribution in [0.5, 0.6) is 0 Å². The Morgan fingerprint density at radius 3 is 2.35 bits per heavy atom. The van der Waals surface area contributed by atoms with Crippen LogP contribution in [0.25, 0.3) is 0 Å². The summed E-state index contributed by atoms with van der Waals surface area (Å²) >= 11 is 0. The zero-order valence-electron chi connectivity index (χ0n) is 17.3. The molecule has 6 nitrogen and oxygen atoms in total. The number of halogens is 2. The van der Waals surface area contributed by atoms with Gasteiger partial charge in [-0.15, -0.1) is 4.99 Å². The van der Waals surface area contributed by atoms with Crippen molar-refractivity contribution < 1.29 is 13.6 Å². The third kappa shape index (κ3) is 5.18. The zero-order chi connectivity index (χ0) is 22.3. The van der Waals surface area contributed by atoms with Crippen molar-refractivity contribution in [3.05, 3.63) is 71.3 Å². The Labute approximate surface area is 180 Å². The van der Waals surface area contributed by atoms with Crippen molar-refractivity contribution in [1.29, 1.82) is 5.26 Å². The molecule has 3 rings (SSSR count). The smallest absolute Gasteiger partial charge is 0.257 e. The van der Waals surface area contributed by atoms with Crippen molar-refractivity contribution in [1.82, 2.24) is 16.0 Å². The van der Waals surface area contributed by atoms with Crippen molar-refractivity contribution in [2.24, 2.45) is 4.99 Å². The Kier molecular flexibility index (Phi) is 7.19. The number of nitrogens with one attached hydrogen (secondary N) is 3. The number of hydrogen-bond donors (Lipinski definition) is 3. The molecule has 0 unspecified atom stereocenters. The molecule has 2 aromatic rings. The standard InChI is InChI=1S/C23H25F2N5O/c1-27-22(29-15-26)30-17-10-12-23(13-11-17,16-6-3-2-4-7-16)14-28-21(31)20-18(24)8-5-9-19(20)25/h2-9,17H,10-14H2,1H3,(H,28,31)(H2,27,29,30)/t17-,23-. The molecule has 0 spiro atoms. The normalized spacial score (nSPS) is 21.1. The molecule has 0 aromatic heterocycles. The molecule has 31 heavy (non-hydrogen) atoms. The van der Waals surface area contributed by atoms with Crippen LogP contribution in [0.3, 0.4) is 0 Å². The van der Waals surface area contributed by atoms with Gasteiger partial charge in [-0.3, -0.25) is 4.79 Å². The minimum absolute atomic E-state index is 0.121. The fraction of sp³-hybridized carbons (Fsp3) is 0.348. The van der Waals surface area contributed by atoms with E-state index in [1.54, 1.807) is 13.2 Å². The molecular formula is C23H25F2N5O. The molecule has 1 fully saturated rings. The van der Waals surface area contributed by atoms with E-state index in [-0.39, 0.29) is 18.0 Å². The van der Waals surface area contributed by atoms with E-state index in [0.717, 1.165) is 43.4 Å². The van der Waals surface area contributed by atoms with Crippen LogP contribution in [0.15, 0.2) is 53.5 Å². The molecule has 0 atom stereocenters. The zero-order valence-corrected chi connectivity index (χ0v) is 17.3. The number of nitrogens with zero attached hydrogens (tertiary/aromatic N) is 2. The highest BCUT2D eigenvalue weighted by atomic mass is 19.1. The lowest BCUT2D eigenvalue weighted by Crippen LogP contribution is -2.49. The molecule has 0 heterocycles. The number of guanidine groups is 1. The Balaban J connectivity index is 1.75. The van der Waals surface area contributed by atoms with Gasteiger partial charge in [0.25, 0.3) is 5.91 Å². The number of benzene rings is 2. The van der Waals surface area contributed by atoms with E-state index in [1.165, 1.54) is 6.07 Å². The molecule has 0 aliphatic heterocycles. The summed E-state index contributed by atoms with van der Waals surface area (Å²) in [5.41, 5.74) is 0.151. The maximum atomic E-state index is 14.0. The fourth-order valence-corrected chi connectivity index (χ4v) is 4.13. The van der Waals surface area contributed by atoms with Gasteiger partial charge in [0.1, 0.15) is 17.2 Å². The summed E-state index contributed by atoms with van der Waals surface area (Å²) in [5.74, 6) is -2.10. The average molecular weight is 425 g/mol. The van der Waals surface area contributed by atoms with E-state index >= 15 is 0 Å². The summed E-state index contributed by atoms with van der Waals surface area (Å²) in [4.78, 5) is 16.3.